The van der Waals surface area contributed by atoms with Gasteiger partial charge in [-0.15, -0.1) is 0 Å². The minimum atomic E-state index is 0.433. The van der Waals surface area contributed by atoms with Crippen LogP contribution in [0, 0.1) is 5.41 Å². The first kappa shape index (κ1) is 15.5. The predicted octanol–water partition coefficient (Wildman–Crippen LogP) is 3.85. The van der Waals surface area contributed by atoms with Crippen LogP contribution in [0.1, 0.15) is 51.6 Å². The lowest BCUT2D eigenvalue weighted by Crippen LogP contribution is -2.48. The molecule has 1 N–H and O–H groups in total. The molecule has 1 aliphatic heterocycles. The molecule has 2 heteroatoms. The van der Waals surface area contributed by atoms with Gasteiger partial charge in [0, 0.05) is 12.1 Å². The van der Waals surface area contributed by atoms with Crippen molar-refractivity contribution < 1.29 is 0 Å². The zero-order valence-electron chi connectivity index (χ0n) is 13.5. The highest BCUT2D eigenvalue weighted by molar-refractivity contribution is 5.20. The van der Waals surface area contributed by atoms with E-state index in [2.05, 4.69) is 68.4 Å². The van der Waals surface area contributed by atoms with Crippen molar-refractivity contribution >= 4 is 0 Å². The smallest absolute Gasteiger partial charge is 0.0475 e. The van der Waals surface area contributed by atoms with Crippen molar-refractivity contribution in [3.05, 3.63) is 35.9 Å². The molecule has 20 heavy (non-hydrogen) atoms. The summed E-state index contributed by atoms with van der Waals surface area (Å²) in [5.74, 6) is 0. The van der Waals surface area contributed by atoms with Gasteiger partial charge in [0.15, 0.2) is 0 Å². The number of nitrogens with zero attached hydrogens (tertiary/aromatic N) is 1. The summed E-state index contributed by atoms with van der Waals surface area (Å²) < 4.78 is 0. The molecule has 2 rings (SSSR count). The van der Waals surface area contributed by atoms with E-state index < -0.39 is 0 Å². The third-order valence-corrected chi connectivity index (χ3v) is 4.89. The average molecular weight is 274 g/mol. The Morgan fingerprint density at radius 3 is 2.25 bits per heavy atom. The summed E-state index contributed by atoms with van der Waals surface area (Å²) in [7, 11) is 2.09. The van der Waals surface area contributed by atoms with Crippen molar-refractivity contribution in [1.29, 1.82) is 0 Å². The molecule has 1 saturated heterocycles. The van der Waals surface area contributed by atoms with Gasteiger partial charge in [-0.1, -0.05) is 51.1 Å². The molecule has 2 atom stereocenters. The lowest BCUT2D eigenvalue weighted by atomic mass is 9.81. The van der Waals surface area contributed by atoms with Crippen LogP contribution in [0.25, 0.3) is 0 Å². The van der Waals surface area contributed by atoms with Crippen molar-refractivity contribution in [2.24, 2.45) is 5.41 Å². The third-order valence-electron chi connectivity index (χ3n) is 4.89. The van der Waals surface area contributed by atoms with Gasteiger partial charge in [0.2, 0.25) is 0 Å². The predicted molar refractivity (Wildman–Crippen MR) is 86.9 cm³/mol. The van der Waals surface area contributed by atoms with Crippen molar-refractivity contribution in [3.8, 4) is 0 Å². The van der Waals surface area contributed by atoms with E-state index in [1.165, 1.54) is 37.9 Å². The fourth-order valence-electron chi connectivity index (χ4n) is 3.41. The molecule has 112 valence electrons. The van der Waals surface area contributed by atoms with E-state index in [4.69, 9.17) is 0 Å². The monoisotopic (exact) mass is 274 g/mol. The van der Waals surface area contributed by atoms with Crippen LogP contribution in [-0.2, 0) is 0 Å². The molecular formula is C18H30N2. The molecule has 0 bridgehead atoms. The summed E-state index contributed by atoms with van der Waals surface area (Å²) in [4.78, 5) is 2.69. The molecule has 1 aromatic rings. The van der Waals surface area contributed by atoms with Crippen LogP contribution < -0.4 is 5.32 Å². The van der Waals surface area contributed by atoms with Crippen LogP contribution in [-0.4, -0.2) is 31.1 Å². The Labute approximate surface area is 124 Å². The Hall–Kier alpha value is -0.860. The normalized spacial score (nSPS) is 22.4. The Morgan fingerprint density at radius 2 is 1.75 bits per heavy atom. The largest absolute Gasteiger partial charge is 0.312 e. The lowest BCUT2D eigenvalue weighted by Gasteiger charge is -2.43. The number of likely N-dealkylation sites (tertiary alicyclic amines) is 1. The van der Waals surface area contributed by atoms with Crippen molar-refractivity contribution in [1.82, 2.24) is 10.2 Å². The molecule has 0 amide bonds. The van der Waals surface area contributed by atoms with E-state index in [1.807, 2.05) is 0 Å². The average Bonchev–Trinajstić information content (AvgIpc) is 2.46. The van der Waals surface area contributed by atoms with E-state index >= 15 is 0 Å². The van der Waals surface area contributed by atoms with E-state index in [9.17, 15) is 0 Å². The molecule has 1 aromatic carbocycles. The summed E-state index contributed by atoms with van der Waals surface area (Å²) >= 11 is 0. The Bertz CT molecular complexity index is 389. The molecule has 0 radical (unpaired) electrons. The van der Waals surface area contributed by atoms with Crippen molar-refractivity contribution in [3.63, 3.8) is 0 Å². The van der Waals surface area contributed by atoms with Gasteiger partial charge in [0.1, 0.15) is 0 Å². The molecule has 0 aromatic heterocycles. The molecule has 1 heterocycles. The van der Waals surface area contributed by atoms with Crippen LogP contribution in [0.3, 0.4) is 0 Å². The Balaban J connectivity index is 2.10. The minimum Gasteiger partial charge on any atom is -0.312 e. The van der Waals surface area contributed by atoms with Gasteiger partial charge >= 0.3 is 0 Å². The fraction of sp³-hybridized carbons (Fsp3) is 0.667. The van der Waals surface area contributed by atoms with Crippen LogP contribution >= 0.6 is 0 Å². The summed E-state index contributed by atoms with van der Waals surface area (Å²) in [5.41, 5.74) is 1.93. The van der Waals surface area contributed by atoms with Crippen molar-refractivity contribution in [2.75, 3.05) is 20.1 Å². The molecule has 2 unspecified atom stereocenters. The second-order valence-corrected chi connectivity index (χ2v) is 6.85. The van der Waals surface area contributed by atoms with E-state index in [0.29, 0.717) is 17.5 Å². The van der Waals surface area contributed by atoms with E-state index in [0.717, 1.165) is 0 Å². The molecule has 0 saturated carbocycles. The lowest BCUT2D eigenvalue weighted by molar-refractivity contribution is 0.0744. The number of piperidine rings is 1. The van der Waals surface area contributed by atoms with Gasteiger partial charge in [0.05, 0.1) is 0 Å². The molecule has 1 fully saturated rings. The zero-order valence-corrected chi connectivity index (χ0v) is 13.5. The molecular weight excluding hydrogens is 244 g/mol. The van der Waals surface area contributed by atoms with Crippen LogP contribution in [0.15, 0.2) is 30.3 Å². The molecule has 2 nitrogen and oxygen atoms in total. The Kier molecular flexibility index (Phi) is 5.22. The maximum absolute atomic E-state index is 3.55. The minimum absolute atomic E-state index is 0.433. The highest BCUT2D eigenvalue weighted by atomic mass is 15.2. The van der Waals surface area contributed by atoms with Gasteiger partial charge in [-0.2, -0.15) is 0 Å². The SMILES string of the molecule is CCC(C(NC)c1ccccc1)N1CCC(C)(C)CC1. The van der Waals surface area contributed by atoms with E-state index in [-0.39, 0.29) is 0 Å². The van der Waals surface area contributed by atoms with Gasteiger partial charge in [-0.3, -0.25) is 4.90 Å². The maximum Gasteiger partial charge on any atom is 0.0475 e. The first-order valence-corrected chi connectivity index (χ1v) is 8.03. The fourth-order valence-corrected chi connectivity index (χ4v) is 3.41. The summed E-state index contributed by atoms with van der Waals surface area (Å²) in [6, 6.07) is 11.9. The number of likely N-dealkylation sites (N-methyl/N-ethyl adjacent to an activating group) is 1. The summed E-state index contributed by atoms with van der Waals surface area (Å²) in [6.45, 7) is 9.58. The van der Waals surface area contributed by atoms with Gasteiger partial charge < -0.3 is 5.32 Å². The number of hydrogen-bond acceptors (Lipinski definition) is 2. The number of benzene rings is 1. The molecule has 0 spiro atoms. The summed E-state index contributed by atoms with van der Waals surface area (Å²) in [5, 5.41) is 3.55. The Morgan fingerprint density at radius 1 is 1.15 bits per heavy atom. The summed E-state index contributed by atoms with van der Waals surface area (Å²) in [6.07, 6.45) is 3.82. The highest BCUT2D eigenvalue weighted by Gasteiger charge is 2.32. The van der Waals surface area contributed by atoms with Crippen LogP contribution in [0.4, 0.5) is 0 Å². The standard InChI is InChI=1S/C18H30N2/c1-5-16(20-13-11-18(2,3)12-14-20)17(19-4)15-9-7-6-8-10-15/h6-10,16-17,19H,5,11-14H2,1-4H3. The van der Waals surface area contributed by atoms with Crippen molar-refractivity contribution in [2.45, 2.75) is 52.1 Å². The zero-order chi connectivity index (χ0) is 14.6. The molecule has 0 aliphatic carbocycles. The topological polar surface area (TPSA) is 15.3 Å². The second-order valence-electron chi connectivity index (χ2n) is 6.85. The van der Waals surface area contributed by atoms with Gasteiger partial charge in [-0.05, 0) is 50.4 Å². The quantitative estimate of drug-likeness (QED) is 0.877. The number of hydrogen-bond donors (Lipinski definition) is 1. The van der Waals surface area contributed by atoms with E-state index in [1.54, 1.807) is 0 Å². The second kappa shape index (κ2) is 6.73. The van der Waals surface area contributed by atoms with Crippen LogP contribution in [0.2, 0.25) is 0 Å². The first-order chi connectivity index (χ1) is 9.57. The molecule has 1 aliphatic rings. The maximum atomic E-state index is 3.55. The van der Waals surface area contributed by atoms with Gasteiger partial charge in [-0.25, -0.2) is 0 Å². The number of nitrogens with one attached hydrogen (secondary N) is 1. The van der Waals surface area contributed by atoms with Gasteiger partial charge in [0.25, 0.3) is 0 Å². The highest BCUT2D eigenvalue weighted by Crippen LogP contribution is 2.33. The number of rotatable bonds is 5. The third kappa shape index (κ3) is 3.62. The van der Waals surface area contributed by atoms with Crippen LogP contribution in [0.5, 0.6) is 0 Å². The first-order valence-electron chi connectivity index (χ1n) is 8.03.